The van der Waals surface area contributed by atoms with Gasteiger partial charge < -0.3 is 9.67 Å². The lowest BCUT2D eigenvalue weighted by Gasteiger charge is -2.17. The number of fused-ring (bicyclic) bond motifs is 1. The van der Waals surface area contributed by atoms with Crippen LogP contribution >= 0.6 is 23.1 Å². The van der Waals surface area contributed by atoms with Crippen molar-refractivity contribution >= 4 is 39.2 Å². The molecule has 1 aliphatic rings. The van der Waals surface area contributed by atoms with Crippen molar-refractivity contribution in [3.05, 3.63) is 29.1 Å². The summed E-state index contributed by atoms with van der Waals surface area (Å²) in [5, 5.41) is 14.3. The summed E-state index contributed by atoms with van der Waals surface area (Å²) in [5.74, 6) is 0.827. The molecular formula is C13H15N3O2S2. The molecular weight excluding hydrogens is 294 g/mol. The van der Waals surface area contributed by atoms with Crippen molar-refractivity contribution in [3.63, 3.8) is 0 Å². The first-order valence-corrected chi connectivity index (χ1v) is 8.26. The van der Waals surface area contributed by atoms with Crippen LogP contribution in [-0.2, 0) is 11.8 Å². The molecule has 1 aromatic carbocycles. The van der Waals surface area contributed by atoms with E-state index in [-0.39, 0.29) is 0 Å². The maximum absolute atomic E-state index is 12.0. The Kier molecular flexibility index (Phi) is 3.57. The third kappa shape index (κ3) is 2.36. The van der Waals surface area contributed by atoms with Gasteiger partial charge in [-0.1, -0.05) is 23.5 Å². The second kappa shape index (κ2) is 5.23. The number of aryl methyl sites for hydroxylation is 1. The normalized spacial score (nSPS) is 23.4. The van der Waals surface area contributed by atoms with Crippen LogP contribution in [0, 0.1) is 0 Å². The van der Waals surface area contributed by atoms with Gasteiger partial charge in [-0.15, -0.1) is 5.10 Å². The molecule has 0 bridgehead atoms. The molecule has 1 unspecified atom stereocenters. The second-order valence-corrected chi connectivity index (χ2v) is 6.91. The third-order valence-electron chi connectivity index (χ3n) is 3.39. The molecule has 2 aromatic rings. The highest BCUT2D eigenvalue weighted by Crippen LogP contribution is 2.27. The minimum atomic E-state index is -1.27. The number of nitrogens with zero attached hydrogens (tertiary/aromatic N) is 2. The molecule has 2 heterocycles. The Morgan fingerprint density at radius 2 is 2.30 bits per heavy atom. The lowest BCUT2D eigenvalue weighted by Crippen LogP contribution is -2.45. The number of hydrogen-bond acceptors (Lipinski definition) is 5. The molecule has 0 saturated carbocycles. The second-order valence-electron chi connectivity index (χ2n) is 4.80. The van der Waals surface area contributed by atoms with Crippen molar-refractivity contribution in [1.82, 2.24) is 9.99 Å². The summed E-state index contributed by atoms with van der Waals surface area (Å²) in [6, 6.07) is 7.96. The van der Waals surface area contributed by atoms with E-state index in [1.807, 2.05) is 35.9 Å². The molecule has 1 atom stereocenters. The first-order chi connectivity index (χ1) is 9.60. The van der Waals surface area contributed by atoms with Gasteiger partial charge in [0.05, 0.1) is 10.2 Å². The number of thiazole rings is 1. The van der Waals surface area contributed by atoms with Gasteiger partial charge in [0.15, 0.2) is 5.60 Å². The zero-order chi connectivity index (χ0) is 14.2. The zero-order valence-electron chi connectivity index (χ0n) is 11.0. The molecule has 1 saturated heterocycles. The minimum Gasteiger partial charge on any atom is -0.379 e. The fourth-order valence-electron chi connectivity index (χ4n) is 2.12. The van der Waals surface area contributed by atoms with Crippen molar-refractivity contribution in [1.29, 1.82) is 0 Å². The van der Waals surface area contributed by atoms with Gasteiger partial charge in [0, 0.05) is 12.8 Å². The summed E-state index contributed by atoms with van der Waals surface area (Å²) in [4.78, 5) is 12.7. The summed E-state index contributed by atoms with van der Waals surface area (Å²) >= 11 is 3.08. The van der Waals surface area contributed by atoms with Crippen LogP contribution in [0.3, 0.4) is 0 Å². The Morgan fingerprint density at radius 1 is 1.50 bits per heavy atom. The van der Waals surface area contributed by atoms with E-state index in [0.717, 1.165) is 16.0 Å². The highest BCUT2D eigenvalue weighted by molar-refractivity contribution is 7.99. The summed E-state index contributed by atoms with van der Waals surface area (Å²) < 4.78 is 3.03. The SMILES string of the molecule is Cn1/c(=N/NC(=O)C2(O)CCSC2)sc2ccccc21. The van der Waals surface area contributed by atoms with E-state index >= 15 is 0 Å². The lowest BCUT2D eigenvalue weighted by molar-refractivity contribution is -0.137. The van der Waals surface area contributed by atoms with Gasteiger partial charge in [0.2, 0.25) is 4.80 Å². The van der Waals surface area contributed by atoms with Crippen LogP contribution in [0.2, 0.25) is 0 Å². The standard InChI is InChI=1S/C13H15N3O2S2/c1-16-9-4-2-3-5-10(9)20-12(16)15-14-11(17)13(18)6-7-19-8-13/h2-5,18H,6-8H2,1H3,(H,14,17)/b15-12-. The number of nitrogens with one attached hydrogen (secondary N) is 1. The van der Waals surface area contributed by atoms with E-state index < -0.39 is 11.5 Å². The molecule has 7 heteroatoms. The van der Waals surface area contributed by atoms with E-state index in [1.54, 1.807) is 11.8 Å². The monoisotopic (exact) mass is 309 g/mol. The molecule has 1 aromatic heterocycles. The smallest absolute Gasteiger partial charge is 0.272 e. The summed E-state index contributed by atoms with van der Waals surface area (Å²) in [5.41, 5.74) is 2.29. The summed E-state index contributed by atoms with van der Waals surface area (Å²) in [7, 11) is 1.91. The van der Waals surface area contributed by atoms with E-state index in [1.165, 1.54) is 11.3 Å². The number of aromatic nitrogens is 1. The first-order valence-electron chi connectivity index (χ1n) is 6.29. The lowest BCUT2D eigenvalue weighted by atomic mass is 10.0. The molecule has 106 valence electrons. The van der Waals surface area contributed by atoms with Crippen LogP contribution < -0.4 is 10.2 Å². The van der Waals surface area contributed by atoms with E-state index in [9.17, 15) is 9.90 Å². The number of thioether (sulfide) groups is 1. The highest BCUT2D eigenvalue weighted by atomic mass is 32.2. The fraction of sp³-hybridized carbons (Fsp3) is 0.385. The number of para-hydroxylation sites is 1. The number of hydrogen-bond donors (Lipinski definition) is 2. The molecule has 3 rings (SSSR count). The average molecular weight is 309 g/mol. The van der Waals surface area contributed by atoms with Crippen molar-refractivity contribution in [2.45, 2.75) is 12.0 Å². The molecule has 1 fully saturated rings. The molecule has 0 spiro atoms. The quantitative estimate of drug-likeness (QED) is 0.815. The predicted molar refractivity (Wildman–Crippen MR) is 81.4 cm³/mol. The maximum Gasteiger partial charge on any atom is 0.272 e. The van der Waals surface area contributed by atoms with E-state index in [2.05, 4.69) is 10.5 Å². The zero-order valence-corrected chi connectivity index (χ0v) is 12.6. The Morgan fingerprint density at radius 3 is 3.00 bits per heavy atom. The van der Waals surface area contributed by atoms with Crippen LogP contribution in [0.4, 0.5) is 0 Å². The van der Waals surface area contributed by atoms with Gasteiger partial charge in [0.25, 0.3) is 5.91 Å². The van der Waals surface area contributed by atoms with Crippen molar-refractivity contribution in [2.75, 3.05) is 11.5 Å². The highest BCUT2D eigenvalue weighted by Gasteiger charge is 2.39. The van der Waals surface area contributed by atoms with Crippen LogP contribution in [-0.4, -0.2) is 32.7 Å². The van der Waals surface area contributed by atoms with Crippen LogP contribution in [0.1, 0.15) is 6.42 Å². The fourth-order valence-corrected chi connectivity index (χ4v) is 4.34. The largest absolute Gasteiger partial charge is 0.379 e. The molecule has 20 heavy (non-hydrogen) atoms. The van der Waals surface area contributed by atoms with Gasteiger partial charge in [-0.05, 0) is 24.3 Å². The summed E-state index contributed by atoms with van der Waals surface area (Å²) in [6.07, 6.45) is 0.484. The minimum absolute atomic E-state index is 0.417. The topological polar surface area (TPSA) is 66.6 Å². The molecule has 0 aliphatic carbocycles. The van der Waals surface area contributed by atoms with Gasteiger partial charge in [0.1, 0.15) is 0 Å². The third-order valence-corrected chi connectivity index (χ3v) is 5.68. The van der Waals surface area contributed by atoms with Gasteiger partial charge in [-0.25, -0.2) is 5.43 Å². The van der Waals surface area contributed by atoms with E-state index in [4.69, 9.17) is 0 Å². The van der Waals surface area contributed by atoms with Crippen LogP contribution in [0.5, 0.6) is 0 Å². The maximum atomic E-state index is 12.0. The first kappa shape index (κ1) is 13.7. The van der Waals surface area contributed by atoms with Crippen molar-refractivity contribution in [3.8, 4) is 0 Å². The number of benzene rings is 1. The number of carbonyl (C=O) groups is 1. The van der Waals surface area contributed by atoms with E-state index in [0.29, 0.717) is 17.0 Å². The number of rotatable bonds is 2. The summed E-state index contributed by atoms with van der Waals surface area (Å²) in [6.45, 7) is 0. The number of carbonyl (C=O) groups excluding carboxylic acids is 1. The number of aliphatic hydroxyl groups is 1. The number of amides is 1. The van der Waals surface area contributed by atoms with Gasteiger partial charge in [-0.3, -0.25) is 4.79 Å². The Hall–Kier alpha value is -1.31. The molecule has 2 N–H and O–H groups in total. The molecule has 1 amide bonds. The van der Waals surface area contributed by atoms with Crippen molar-refractivity contribution < 1.29 is 9.90 Å². The Bertz CT molecular complexity index is 714. The van der Waals surface area contributed by atoms with Crippen LogP contribution in [0.15, 0.2) is 29.4 Å². The molecule has 1 aliphatic heterocycles. The van der Waals surface area contributed by atoms with Crippen LogP contribution in [0.25, 0.3) is 10.2 Å². The van der Waals surface area contributed by atoms with Gasteiger partial charge >= 0.3 is 0 Å². The van der Waals surface area contributed by atoms with Crippen molar-refractivity contribution in [2.24, 2.45) is 12.1 Å². The Labute approximate surface area is 124 Å². The molecule has 0 radical (unpaired) electrons. The average Bonchev–Trinajstić information content (AvgIpc) is 3.03. The molecule has 5 nitrogen and oxygen atoms in total. The Balaban J connectivity index is 1.88. The predicted octanol–water partition coefficient (Wildman–Crippen LogP) is 1.04. The van der Waals surface area contributed by atoms with Gasteiger partial charge in [-0.2, -0.15) is 11.8 Å².